The van der Waals surface area contributed by atoms with Gasteiger partial charge in [-0.25, -0.2) is 0 Å². The van der Waals surface area contributed by atoms with E-state index in [2.05, 4.69) is 0 Å². The molecule has 0 saturated heterocycles. The van der Waals surface area contributed by atoms with Crippen LogP contribution in [-0.4, -0.2) is 13.2 Å². The second kappa shape index (κ2) is 4.57. The van der Waals surface area contributed by atoms with Crippen molar-refractivity contribution in [1.82, 2.24) is 0 Å². The van der Waals surface area contributed by atoms with E-state index in [9.17, 15) is 0 Å². The predicted octanol–water partition coefficient (Wildman–Crippen LogP) is 0.579. The largest absolute Gasteiger partial charge is 0.493 e. The summed E-state index contributed by atoms with van der Waals surface area (Å²) in [6.07, 6.45) is 0.838. The number of hydrogen-bond acceptors (Lipinski definition) is 4. The van der Waals surface area contributed by atoms with E-state index in [0.717, 1.165) is 12.2 Å². The molecule has 0 radical (unpaired) electrons. The highest BCUT2D eigenvalue weighted by Crippen LogP contribution is 2.21. The van der Waals surface area contributed by atoms with E-state index in [0.29, 0.717) is 24.5 Å². The lowest BCUT2D eigenvalue weighted by Crippen LogP contribution is -2.06. The second-order valence-electron chi connectivity index (χ2n) is 2.78. The highest BCUT2D eigenvalue weighted by Gasteiger charge is 1.97. The van der Waals surface area contributed by atoms with E-state index in [1.54, 1.807) is 18.2 Å². The third-order valence-corrected chi connectivity index (χ3v) is 1.68. The maximum atomic E-state index is 5.60. The van der Waals surface area contributed by atoms with Crippen LogP contribution in [0.1, 0.15) is 6.42 Å². The molecule has 0 aliphatic rings. The van der Waals surface area contributed by atoms with Crippen LogP contribution in [0.4, 0.5) is 11.4 Å². The van der Waals surface area contributed by atoms with E-state index in [1.165, 1.54) is 0 Å². The first-order valence-electron chi connectivity index (χ1n) is 4.22. The molecule has 0 bridgehead atoms. The molecule has 0 amide bonds. The fraction of sp³-hybridized carbons (Fsp3) is 0.333. The Bertz CT molecular complexity index is 276. The zero-order valence-electron chi connectivity index (χ0n) is 7.49. The normalized spacial score (nSPS) is 9.92. The van der Waals surface area contributed by atoms with Gasteiger partial charge in [-0.15, -0.1) is 0 Å². The average molecular weight is 181 g/mol. The summed E-state index contributed by atoms with van der Waals surface area (Å²) in [5, 5.41) is 0. The van der Waals surface area contributed by atoms with Crippen LogP contribution in [0, 0.1) is 0 Å². The van der Waals surface area contributed by atoms with Crippen molar-refractivity contribution in [2.75, 3.05) is 24.6 Å². The summed E-state index contributed by atoms with van der Waals surface area (Å²) in [7, 11) is 0. The first-order chi connectivity index (χ1) is 6.24. The van der Waals surface area contributed by atoms with E-state index < -0.39 is 0 Å². The van der Waals surface area contributed by atoms with Crippen LogP contribution < -0.4 is 21.9 Å². The Hall–Kier alpha value is -1.42. The van der Waals surface area contributed by atoms with Crippen molar-refractivity contribution < 1.29 is 4.74 Å². The summed E-state index contributed by atoms with van der Waals surface area (Å²) in [5.74, 6) is 0.736. The summed E-state index contributed by atoms with van der Waals surface area (Å²) in [6, 6.07) is 5.24. The van der Waals surface area contributed by atoms with Crippen LogP contribution >= 0.6 is 0 Å². The molecule has 0 unspecified atom stereocenters. The minimum absolute atomic E-state index is 0.547. The SMILES string of the molecule is NCCCOc1ccc(N)c(N)c1. The molecule has 13 heavy (non-hydrogen) atoms. The number of benzene rings is 1. The van der Waals surface area contributed by atoms with Crippen molar-refractivity contribution in [1.29, 1.82) is 0 Å². The monoisotopic (exact) mass is 181 g/mol. The van der Waals surface area contributed by atoms with E-state index in [1.807, 2.05) is 0 Å². The van der Waals surface area contributed by atoms with Gasteiger partial charge in [0.25, 0.3) is 0 Å². The van der Waals surface area contributed by atoms with Crippen molar-refractivity contribution in [3.05, 3.63) is 18.2 Å². The molecule has 0 saturated carbocycles. The first-order valence-corrected chi connectivity index (χ1v) is 4.22. The van der Waals surface area contributed by atoms with Gasteiger partial charge in [-0.3, -0.25) is 0 Å². The minimum atomic E-state index is 0.547. The summed E-state index contributed by atoms with van der Waals surface area (Å²) < 4.78 is 5.37. The maximum Gasteiger partial charge on any atom is 0.121 e. The molecule has 6 N–H and O–H groups in total. The highest BCUT2D eigenvalue weighted by atomic mass is 16.5. The van der Waals surface area contributed by atoms with E-state index in [4.69, 9.17) is 21.9 Å². The van der Waals surface area contributed by atoms with Crippen LogP contribution in [0.5, 0.6) is 5.75 Å². The lowest BCUT2D eigenvalue weighted by Gasteiger charge is -2.06. The number of nitrogen functional groups attached to an aromatic ring is 2. The molecular formula is C9H15N3O. The first kappa shape index (κ1) is 9.67. The lowest BCUT2D eigenvalue weighted by atomic mass is 10.2. The van der Waals surface area contributed by atoms with Crippen molar-refractivity contribution in [2.24, 2.45) is 5.73 Å². The second-order valence-corrected chi connectivity index (χ2v) is 2.78. The van der Waals surface area contributed by atoms with Crippen molar-refractivity contribution in [3.63, 3.8) is 0 Å². The number of hydrogen-bond donors (Lipinski definition) is 3. The van der Waals surface area contributed by atoms with Crippen LogP contribution in [0.25, 0.3) is 0 Å². The van der Waals surface area contributed by atoms with Gasteiger partial charge in [0.2, 0.25) is 0 Å². The van der Waals surface area contributed by atoms with Gasteiger partial charge in [-0.2, -0.15) is 0 Å². The average Bonchev–Trinajstić information content (AvgIpc) is 2.12. The number of ether oxygens (including phenoxy) is 1. The van der Waals surface area contributed by atoms with E-state index in [-0.39, 0.29) is 0 Å². The third-order valence-electron chi connectivity index (χ3n) is 1.68. The zero-order chi connectivity index (χ0) is 9.68. The van der Waals surface area contributed by atoms with Gasteiger partial charge >= 0.3 is 0 Å². The lowest BCUT2D eigenvalue weighted by molar-refractivity contribution is 0.313. The maximum absolute atomic E-state index is 5.60. The summed E-state index contributed by atoms with van der Waals surface area (Å²) in [5.41, 5.74) is 17.6. The summed E-state index contributed by atoms with van der Waals surface area (Å²) in [6.45, 7) is 1.24. The standard InChI is InChI=1S/C9H15N3O/c10-4-1-5-13-7-2-3-8(11)9(12)6-7/h2-3,6H,1,4-5,10-12H2. The molecule has 0 aliphatic carbocycles. The van der Waals surface area contributed by atoms with Crippen molar-refractivity contribution in [2.45, 2.75) is 6.42 Å². The Morgan fingerprint density at radius 2 is 1.92 bits per heavy atom. The predicted molar refractivity (Wildman–Crippen MR) is 54.4 cm³/mol. The Kier molecular flexibility index (Phi) is 3.40. The molecule has 4 nitrogen and oxygen atoms in total. The molecular weight excluding hydrogens is 166 g/mol. The van der Waals surface area contributed by atoms with Gasteiger partial charge in [0, 0.05) is 6.07 Å². The van der Waals surface area contributed by atoms with Crippen LogP contribution in [0.15, 0.2) is 18.2 Å². The van der Waals surface area contributed by atoms with Crippen LogP contribution in [0.2, 0.25) is 0 Å². The Labute approximate surface area is 77.7 Å². The molecule has 4 heteroatoms. The molecule has 72 valence electrons. The third kappa shape index (κ3) is 2.83. The Morgan fingerprint density at radius 3 is 2.54 bits per heavy atom. The van der Waals surface area contributed by atoms with Gasteiger partial charge in [0.15, 0.2) is 0 Å². The fourth-order valence-corrected chi connectivity index (χ4v) is 0.916. The zero-order valence-corrected chi connectivity index (χ0v) is 7.49. The topological polar surface area (TPSA) is 87.3 Å². The van der Waals surface area contributed by atoms with Crippen molar-refractivity contribution in [3.8, 4) is 5.75 Å². The Balaban J connectivity index is 2.53. The summed E-state index contributed by atoms with van der Waals surface area (Å²) in [4.78, 5) is 0. The number of anilines is 2. The molecule has 1 rings (SSSR count). The van der Waals surface area contributed by atoms with E-state index >= 15 is 0 Å². The van der Waals surface area contributed by atoms with Gasteiger partial charge in [0.1, 0.15) is 5.75 Å². The molecule has 1 aromatic carbocycles. The number of nitrogens with two attached hydrogens (primary N) is 3. The minimum Gasteiger partial charge on any atom is -0.493 e. The molecule has 1 aromatic rings. The molecule has 0 heterocycles. The molecule has 0 spiro atoms. The van der Waals surface area contributed by atoms with Gasteiger partial charge in [0.05, 0.1) is 18.0 Å². The highest BCUT2D eigenvalue weighted by molar-refractivity contribution is 5.65. The molecule has 0 fully saturated rings. The number of rotatable bonds is 4. The Morgan fingerprint density at radius 1 is 1.15 bits per heavy atom. The van der Waals surface area contributed by atoms with Gasteiger partial charge < -0.3 is 21.9 Å². The molecule has 0 atom stereocenters. The molecule has 0 aromatic heterocycles. The van der Waals surface area contributed by atoms with Crippen LogP contribution in [0.3, 0.4) is 0 Å². The quantitative estimate of drug-likeness (QED) is 0.468. The molecule has 0 aliphatic heterocycles. The van der Waals surface area contributed by atoms with Crippen molar-refractivity contribution >= 4 is 11.4 Å². The van der Waals surface area contributed by atoms with Gasteiger partial charge in [-0.1, -0.05) is 0 Å². The van der Waals surface area contributed by atoms with Crippen LogP contribution in [-0.2, 0) is 0 Å². The summed E-state index contributed by atoms with van der Waals surface area (Å²) >= 11 is 0. The smallest absolute Gasteiger partial charge is 0.121 e. The van der Waals surface area contributed by atoms with Gasteiger partial charge in [-0.05, 0) is 25.1 Å². The fourth-order valence-electron chi connectivity index (χ4n) is 0.916.